The number of halogens is 4. The molecule has 0 spiro atoms. The number of guanidine groups is 1. The summed E-state index contributed by atoms with van der Waals surface area (Å²) in [5.41, 5.74) is 12.5. The van der Waals surface area contributed by atoms with Crippen LogP contribution in [-0.4, -0.2) is 52.6 Å². The van der Waals surface area contributed by atoms with E-state index in [4.69, 9.17) is 21.4 Å². The fourth-order valence-corrected chi connectivity index (χ4v) is 3.14. The van der Waals surface area contributed by atoms with Gasteiger partial charge < -0.3 is 32.2 Å². The number of carbonyl (C=O) groups is 3. The Kier molecular flexibility index (Phi) is 8.45. The van der Waals surface area contributed by atoms with E-state index in [9.17, 15) is 22.8 Å². The van der Waals surface area contributed by atoms with E-state index >= 15 is 0 Å². The molecular weight excluding hydrogens is 513 g/mol. The number of hydrogen-bond acceptors (Lipinski definition) is 4. The number of benzene rings is 1. The number of aliphatic carboxylic acids is 1. The summed E-state index contributed by atoms with van der Waals surface area (Å²) in [4.78, 5) is 40.5. The molecule has 0 bridgehead atoms. The number of carbonyl (C=O) groups excluding carboxylic acids is 2. The molecule has 2 amide bonds. The number of aromatic nitrogens is 1. The summed E-state index contributed by atoms with van der Waals surface area (Å²) >= 11 is 3.42. The van der Waals surface area contributed by atoms with Gasteiger partial charge in [-0.25, -0.2) is 4.79 Å². The first-order chi connectivity index (χ1) is 15.4. The zero-order valence-corrected chi connectivity index (χ0v) is 18.5. The summed E-state index contributed by atoms with van der Waals surface area (Å²) in [6, 6.07) is 5.22. The van der Waals surface area contributed by atoms with Gasteiger partial charge in [0.05, 0.1) is 0 Å². The van der Waals surface area contributed by atoms with Crippen LogP contribution in [-0.2, 0) is 14.4 Å². The number of carboxylic acid groups (broad SMARTS) is 1. The van der Waals surface area contributed by atoms with Crippen molar-refractivity contribution in [3.63, 3.8) is 0 Å². The molecule has 1 aromatic heterocycles. The number of nitrogens with one attached hydrogen (secondary N) is 3. The van der Waals surface area contributed by atoms with Crippen LogP contribution >= 0.6 is 15.9 Å². The predicted molar refractivity (Wildman–Crippen MR) is 118 cm³/mol. The van der Waals surface area contributed by atoms with E-state index in [-0.39, 0.29) is 23.5 Å². The minimum Gasteiger partial charge on any atom is -0.475 e. The van der Waals surface area contributed by atoms with Gasteiger partial charge in [0.2, 0.25) is 5.91 Å². The monoisotopic (exact) mass is 532 g/mol. The maximum atomic E-state index is 12.3. The van der Waals surface area contributed by atoms with E-state index < -0.39 is 18.2 Å². The second-order valence-electron chi connectivity index (χ2n) is 6.76. The molecule has 3 rings (SSSR count). The number of aromatic amines is 1. The highest BCUT2D eigenvalue weighted by Crippen LogP contribution is 2.24. The van der Waals surface area contributed by atoms with Gasteiger partial charge in [0, 0.05) is 33.7 Å². The van der Waals surface area contributed by atoms with Gasteiger partial charge in [-0.05, 0) is 31.1 Å². The number of nitrogens with two attached hydrogens (primary N) is 2. The van der Waals surface area contributed by atoms with Crippen LogP contribution in [0.4, 0.5) is 13.2 Å². The molecule has 8 N–H and O–H groups in total. The van der Waals surface area contributed by atoms with Gasteiger partial charge in [-0.2, -0.15) is 13.2 Å². The second kappa shape index (κ2) is 10.8. The highest BCUT2D eigenvalue weighted by atomic mass is 79.9. The van der Waals surface area contributed by atoms with Crippen molar-refractivity contribution in [1.29, 1.82) is 0 Å². The van der Waals surface area contributed by atoms with Gasteiger partial charge in [-0.1, -0.05) is 22.0 Å². The van der Waals surface area contributed by atoms with Crippen molar-refractivity contribution in [2.24, 2.45) is 16.5 Å². The lowest BCUT2D eigenvalue weighted by atomic mass is 10.1. The smallest absolute Gasteiger partial charge is 0.475 e. The first-order valence-corrected chi connectivity index (χ1v) is 10.1. The molecule has 2 aromatic rings. The summed E-state index contributed by atoms with van der Waals surface area (Å²) in [5.74, 6) is -3.31. The Hall–Kier alpha value is -3.55. The maximum Gasteiger partial charge on any atom is 0.490 e. The number of carboxylic acids is 1. The van der Waals surface area contributed by atoms with Crippen molar-refractivity contribution in [2.45, 2.75) is 25.1 Å². The minimum atomic E-state index is -5.08. The topological polar surface area (TPSA) is 176 Å². The van der Waals surface area contributed by atoms with Gasteiger partial charge in [0.15, 0.2) is 5.96 Å². The Bertz CT molecular complexity index is 1110. The second-order valence-corrected chi connectivity index (χ2v) is 7.67. The number of alkyl halides is 3. The number of hydrogen-bond donors (Lipinski definition) is 6. The van der Waals surface area contributed by atoms with Crippen molar-refractivity contribution >= 4 is 56.7 Å². The molecule has 33 heavy (non-hydrogen) atoms. The number of aliphatic imine (C=N–C) groups is 1. The van der Waals surface area contributed by atoms with Crippen molar-refractivity contribution in [1.82, 2.24) is 15.6 Å². The molecule has 1 aliphatic heterocycles. The molecule has 14 heteroatoms. The molecule has 0 aliphatic carbocycles. The largest absolute Gasteiger partial charge is 0.490 e. The van der Waals surface area contributed by atoms with Gasteiger partial charge in [-0.3, -0.25) is 14.6 Å². The number of fused-ring (bicyclic) bond motifs is 1. The SMILES string of the molecule is NC(N)=NCCC[C@@H]1NC(=O)/C(=C/c2c[nH]c3cc(Br)ccc23)NC1=O.O=C(O)C(F)(F)F. The molecule has 10 nitrogen and oxygen atoms in total. The third-order valence-corrected chi connectivity index (χ3v) is 4.78. The number of amides is 2. The summed E-state index contributed by atoms with van der Waals surface area (Å²) in [6.45, 7) is 0.412. The van der Waals surface area contributed by atoms with Crippen LogP contribution in [0, 0.1) is 0 Å². The van der Waals surface area contributed by atoms with Gasteiger partial charge >= 0.3 is 12.1 Å². The van der Waals surface area contributed by atoms with Crippen LogP contribution in [0.3, 0.4) is 0 Å². The van der Waals surface area contributed by atoms with Crippen LogP contribution < -0.4 is 22.1 Å². The van der Waals surface area contributed by atoms with E-state index in [1.807, 2.05) is 18.2 Å². The molecule has 1 aliphatic rings. The van der Waals surface area contributed by atoms with Crippen LogP contribution in [0.15, 0.2) is 39.6 Å². The van der Waals surface area contributed by atoms with Gasteiger partial charge in [-0.15, -0.1) is 0 Å². The number of nitrogens with zero attached hydrogens (tertiary/aromatic N) is 1. The fraction of sp³-hybridized carbons (Fsp3) is 0.263. The summed E-state index contributed by atoms with van der Waals surface area (Å²) in [5, 5.41) is 13.5. The lowest BCUT2D eigenvalue weighted by Crippen LogP contribution is -2.54. The summed E-state index contributed by atoms with van der Waals surface area (Å²) < 4.78 is 32.7. The molecule has 1 atom stereocenters. The molecule has 0 saturated carbocycles. The first-order valence-electron chi connectivity index (χ1n) is 9.34. The molecule has 0 radical (unpaired) electrons. The average Bonchev–Trinajstić information content (AvgIpc) is 3.10. The number of H-pyrrole nitrogens is 1. The van der Waals surface area contributed by atoms with Crippen molar-refractivity contribution in [2.75, 3.05) is 6.54 Å². The van der Waals surface area contributed by atoms with Gasteiger partial charge in [0.1, 0.15) is 11.7 Å². The van der Waals surface area contributed by atoms with E-state index in [2.05, 4.69) is 36.5 Å². The average molecular weight is 533 g/mol. The third kappa shape index (κ3) is 7.52. The number of piperazine rings is 1. The highest BCUT2D eigenvalue weighted by molar-refractivity contribution is 9.10. The van der Waals surface area contributed by atoms with Crippen LogP contribution in [0.5, 0.6) is 0 Å². The standard InChI is InChI=1S/C17H19BrN6O2.C2HF3O2/c18-10-3-4-11-9(8-22-13(11)7-10)6-14-16(26)23-12(15(25)24-14)2-1-5-21-17(19)20;3-2(4,5)1(6)7/h3-4,6-8,12,22H,1-2,5H2,(H,23,26)(H,24,25)(H4,19,20,21);(H,6,7)/b14-6-;/t12-;/m0./s1. The molecule has 1 fully saturated rings. The van der Waals surface area contributed by atoms with Gasteiger partial charge in [0.25, 0.3) is 5.91 Å². The first kappa shape index (κ1) is 25.7. The van der Waals surface area contributed by atoms with E-state index in [1.54, 1.807) is 12.3 Å². The van der Waals surface area contributed by atoms with Crippen LogP contribution in [0.1, 0.15) is 18.4 Å². The maximum absolute atomic E-state index is 12.3. The fourth-order valence-electron chi connectivity index (χ4n) is 2.78. The number of rotatable bonds is 5. The quantitative estimate of drug-likeness (QED) is 0.147. The summed E-state index contributed by atoms with van der Waals surface area (Å²) in [6.07, 6.45) is -0.574. The van der Waals surface area contributed by atoms with Crippen molar-refractivity contribution in [3.05, 3.63) is 40.1 Å². The zero-order chi connectivity index (χ0) is 24.8. The van der Waals surface area contributed by atoms with Crippen LogP contribution in [0.25, 0.3) is 17.0 Å². The minimum absolute atomic E-state index is 0.0121. The normalized spacial score (nSPS) is 17.1. The third-order valence-electron chi connectivity index (χ3n) is 4.29. The Morgan fingerprint density at radius 1 is 1.27 bits per heavy atom. The predicted octanol–water partition coefficient (Wildman–Crippen LogP) is 1.57. The molecule has 2 heterocycles. The molecule has 0 unspecified atom stereocenters. The summed E-state index contributed by atoms with van der Waals surface area (Å²) in [7, 11) is 0. The van der Waals surface area contributed by atoms with Crippen molar-refractivity contribution in [3.8, 4) is 0 Å². The van der Waals surface area contributed by atoms with E-state index in [0.29, 0.717) is 19.4 Å². The van der Waals surface area contributed by atoms with Crippen molar-refractivity contribution < 1.29 is 32.7 Å². The molecule has 178 valence electrons. The van der Waals surface area contributed by atoms with Crippen LogP contribution in [0.2, 0.25) is 0 Å². The Morgan fingerprint density at radius 2 is 1.94 bits per heavy atom. The lowest BCUT2D eigenvalue weighted by molar-refractivity contribution is -0.192. The Labute approximate surface area is 193 Å². The molecular formula is C19H20BrF3N6O4. The lowest BCUT2D eigenvalue weighted by Gasteiger charge is -2.24. The Morgan fingerprint density at radius 3 is 2.55 bits per heavy atom. The zero-order valence-electron chi connectivity index (χ0n) is 16.9. The molecule has 1 saturated heterocycles. The van der Waals surface area contributed by atoms with E-state index in [1.165, 1.54) is 0 Å². The molecule has 1 aromatic carbocycles. The highest BCUT2D eigenvalue weighted by Gasteiger charge is 2.38. The Balaban J connectivity index is 0.000000479. The van der Waals surface area contributed by atoms with E-state index in [0.717, 1.165) is 20.9 Å².